The van der Waals surface area contributed by atoms with Gasteiger partial charge < -0.3 is 62.6 Å². The third-order valence-corrected chi connectivity index (χ3v) is 26.2. The Morgan fingerprint density at radius 2 is 0.600 bits per heavy atom. The Morgan fingerprint density at radius 1 is 0.293 bits per heavy atom. The average Bonchev–Trinajstić information content (AvgIpc) is 1.58. The molecule has 33 nitrogen and oxygen atoms in total. The van der Waals surface area contributed by atoms with E-state index in [0.29, 0.717) is 162 Å². The molecule has 0 radical (unpaired) electrons. The average molecular weight is 2110 g/mol. The van der Waals surface area contributed by atoms with E-state index in [1.54, 1.807) is 138 Å². The molecule has 0 unspecified atom stereocenters. The third-order valence-electron chi connectivity index (χ3n) is 25.7. The molecule has 7 aromatic carbocycles. The van der Waals surface area contributed by atoms with Crippen molar-refractivity contribution in [1.29, 1.82) is 0 Å². The highest BCUT2D eigenvalue weighted by atomic mass is 35.5. The zero-order valence-corrected chi connectivity index (χ0v) is 87.3. The quantitative estimate of drug-likeness (QED) is 0.0252. The maximum atomic E-state index is 13.6. The maximum Gasteiger partial charge on any atom is 0.394 e. The van der Waals surface area contributed by atoms with E-state index in [9.17, 15) is 84.5 Å². The smallest absolute Gasteiger partial charge is 0.394 e. The summed E-state index contributed by atoms with van der Waals surface area (Å²) in [6, 6.07) is 51.5. The van der Waals surface area contributed by atoms with E-state index in [1.165, 1.54) is 73.9 Å². The van der Waals surface area contributed by atoms with Gasteiger partial charge >= 0.3 is 46.8 Å². The molecule has 794 valence electrons. The molecular weight excluding hydrogens is 1990 g/mol. The number of rotatable bonds is 31. The third kappa shape index (κ3) is 24.1. The molecule has 0 saturated heterocycles. The van der Waals surface area contributed by atoms with Crippen LogP contribution in [0.1, 0.15) is 103 Å². The Labute approximate surface area is 864 Å². The van der Waals surface area contributed by atoms with Crippen molar-refractivity contribution in [1.82, 2.24) is 68.5 Å². The maximum absolute atomic E-state index is 13.6. The highest BCUT2D eigenvalue weighted by Gasteiger charge is 2.32. The topological polar surface area (TPSA) is 373 Å². The number of hydrogen-bond acceptors (Lipinski definition) is 18. The molecule has 5 N–H and O–H groups in total. The minimum atomic E-state index is -3.37. The van der Waals surface area contributed by atoms with Gasteiger partial charge in [-0.2, -0.15) is 26.3 Å². The second-order valence-corrected chi connectivity index (χ2v) is 37.9. The highest BCUT2D eigenvalue weighted by Crippen LogP contribution is 2.39. The number of halogens is 8. The summed E-state index contributed by atoms with van der Waals surface area (Å²) >= 11 is 12.3. The van der Waals surface area contributed by atoms with Gasteiger partial charge in [0.1, 0.15) is 44.8 Å². The monoisotopic (exact) mass is 2110 g/mol. The number of benzene rings is 7. The predicted octanol–water partition coefficient (Wildman–Crippen LogP) is 14.4. The first-order valence-corrected chi connectivity index (χ1v) is 48.9. The molecule has 0 bridgehead atoms. The van der Waals surface area contributed by atoms with Crippen molar-refractivity contribution in [2.75, 3.05) is 33.0 Å². The number of aliphatic hydroxyl groups excluding tert-OH is 5. The van der Waals surface area contributed by atoms with Crippen LogP contribution >= 0.6 is 23.2 Å². The van der Waals surface area contributed by atoms with Crippen molar-refractivity contribution in [3.05, 3.63) is 346 Å². The Kier molecular flexibility index (Phi) is 35.0. The molecular formula is C109H119Cl2F6N15O18. The van der Waals surface area contributed by atoms with E-state index < -0.39 is 57.8 Å². The van der Waals surface area contributed by atoms with Crippen LogP contribution in [0.25, 0.3) is 100 Å². The normalized spacial score (nSPS) is 11.7. The lowest BCUT2D eigenvalue weighted by molar-refractivity contribution is -0.159. The lowest BCUT2D eigenvalue weighted by Gasteiger charge is -2.16. The van der Waals surface area contributed by atoms with Gasteiger partial charge in [-0.15, -0.1) is 0 Å². The van der Waals surface area contributed by atoms with E-state index in [4.69, 9.17) is 43.3 Å². The summed E-state index contributed by atoms with van der Waals surface area (Å²) in [5.41, 5.74) is 13.8. The van der Waals surface area contributed by atoms with Crippen molar-refractivity contribution in [3.63, 3.8) is 0 Å². The summed E-state index contributed by atoms with van der Waals surface area (Å²) in [5, 5.41) is 46.8. The number of aliphatic hydroxyl groups is 5. The van der Waals surface area contributed by atoms with Crippen LogP contribution in [-0.4, -0.2) is 145 Å². The second kappa shape index (κ2) is 46.8. The number of alkyl halides is 6. The highest BCUT2D eigenvalue weighted by molar-refractivity contribution is 6.31. The van der Waals surface area contributed by atoms with Crippen LogP contribution in [0.4, 0.5) is 26.3 Å². The van der Waals surface area contributed by atoms with Crippen LogP contribution in [0.15, 0.2) is 230 Å². The van der Waals surface area contributed by atoms with Crippen LogP contribution in [0.2, 0.25) is 10.0 Å². The van der Waals surface area contributed by atoms with Crippen molar-refractivity contribution in [2.45, 2.75) is 165 Å². The van der Waals surface area contributed by atoms with Crippen molar-refractivity contribution >= 4 is 78.4 Å². The minimum absolute atomic E-state index is 0.00565. The molecule has 41 heteroatoms. The van der Waals surface area contributed by atoms with E-state index >= 15 is 0 Å². The van der Waals surface area contributed by atoms with Crippen molar-refractivity contribution < 1.29 is 66.1 Å². The van der Waals surface area contributed by atoms with E-state index in [-0.39, 0.29) is 126 Å². The minimum Gasteiger partial charge on any atom is -0.433 e. The van der Waals surface area contributed by atoms with E-state index in [1.807, 2.05) is 121 Å². The molecule has 10 heterocycles. The molecule has 0 spiro atoms. The summed E-state index contributed by atoms with van der Waals surface area (Å²) in [7, 11) is 11.5. The van der Waals surface area contributed by atoms with Gasteiger partial charge in [-0.3, -0.25) is 69.6 Å². The summed E-state index contributed by atoms with van der Waals surface area (Å²) < 4.78 is 116. The van der Waals surface area contributed by atoms with Crippen LogP contribution in [-0.2, 0) is 102 Å². The fourth-order valence-electron chi connectivity index (χ4n) is 19.0. The molecule has 0 aliphatic carbocycles. The zero-order valence-electron chi connectivity index (χ0n) is 85.8. The number of hydrogen-bond donors (Lipinski definition) is 5. The van der Waals surface area contributed by atoms with Gasteiger partial charge in [-0.1, -0.05) is 144 Å². The number of nitrogens with zero attached hydrogens (tertiary/aromatic N) is 15. The molecule has 0 aliphatic rings. The van der Waals surface area contributed by atoms with Crippen LogP contribution in [0.5, 0.6) is 17.2 Å². The van der Waals surface area contributed by atoms with Gasteiger partial charge in [0.05, 0.1) is 50.4 Å². The van der Waals surface area contributed by atoms with Gasteiger partial charge in [0.25, 0.3) is 27.8 Å². The van der Waals surface area contributed by atoms with Crippen LogP contribution < -0.4 is 70.5 Å². The van der Waals surface area contributed by atoms with Crippen LogP contribution in [0, 0.1) is 41.5 Å². The Hall–Kier alpha value is -15.0. The fourth-order valence-corrected chi connectivity index (χ4v) is 19.4. The lowest BCUT2D eigenvalue weighted by Crippen LogP contribution is -2.39. The van der Waals surface area contributed by atoms with Crippen molar-refractivity contribution in [2.24, 2.45) is 49.3 Å². The molecule has 17 rings (SSSR count). The van der Waals surface area contributed by atoms with E-state index in [2.05, 4.69) is 9.47 Å². The van der Waals surface area contributed by atoms with Gasteiger partial charge in [-0.25, -0.2) is 24.0 Å². The standard InChI is InChI=1S/C26H26ClF2N3O4.C24H24ClN3O3.2C20H23F2N3O4.C19H23N3O3/c1-16-21(18-6-4-7-20(14-18)36-26(2,28)29)32(15-17-8-10-19(27)11-9-17)23-22(16)30(3)25(35)31(24(23)34)12-5-13-33;1-16-7-9-17(10-8-16)15-28-20(18-5-3-6-19(25)13-18)14-21-22(28)23(30)27(11-4-12-29)24(31)26(21)2;2*1-12-15(13-7-5-8-14(11-13)29-20(2,21)22)23(3)17-16(12)24(4)19(28)25(18(17)27)9-6-10-26;1-13-5-7-15(8-6-13)12-21-11-14(2)16-17(21)18(24)22(9-4-10-23)19(25)20(16)3/h4,6-11,14,33H,5,12-13,15H2,1-3H3;3,5-10,13-14,29H,4,11-12,15H2,1-2H3;2*5,7-8,11,26H,6,9-10H2,1-4H3;5-8,11,23H,4,9-10,12H2,1-3H3. The number of ether oxygens (including phenoxy) is 3. The first kappa shape index (κ1) is 112. The molecule has 0 fully saturated rings. The first-order chi connectivity index (χ1) is 71.0. The fraction of sp³-hybridized carbons (Fsp3) is 0.339. The molecule has 150 heavy (non-hydrogen) atoms. The van der Waals surface area contributed by atoms with Gasteiger partial charge in [-0.05, 0) is 185 Å². The number of fused-ring (bicyclic) bond motifs is 5. The predicted molar refractivity (Wildman–Crippen MR) is 568 cm³/mol. The molecule has 0 aliphatic heterocycles. The zero-order chi connectivity index (χ0) is 109. The summed E-state index contributed by atoms with van der Waals surface area (Å²) in [4.78, 5) is 130. The number of aromatic nitrogens is 15. The van der Waals surface area contributed by atoms with E-state index in [0.717, 1.165) is 52.8 Å². The largest absolute Gasteiger partial charge is 0.433 e. The summed E-state index contributed by atoms with van der Waals surface area (Å²) in [6.07, 6.45) is -6.58. The second-order valence-electron chi connectivity index (χ2n) is 37.0. The lowest BCUT2D eigenvalue weighted by atomic mass is 10.1. The first-order valence-electron chi connectivity index (χ1n) is 48.2. The molecule has 0 atom stereocenters. The SMILES string of the molecule is Cc1c(-c2cccc(OC(C)(F)F)c2)n(C)c2c(=O)n(CCCO)c(=O)n(C)c12.Cc1c(-c2cccc(OC(C)(F)F)c2)n(C)c2c(=O)n(CCCO)c(=O)n(C)c12.Cc1c(-c2cccc(OC(C)(F)F)c2)n(Cc2ccc(Cl)cc2)c2c(=O)n(CCCO)c(=O)n(C)c12.Cc1ccc(Cn2c(-c3cccc(Cl)c3)cc3c2c(=O)n(CCCO)c(=O)n3C)cc1.Cc1ccc(Cn2cc(C)c3c2c(=O)n(CCCO)c(=O)n3C)cc1. The number of aryl methyl sites for hydroxylation is 13. The molecule has 0 amide bonds. The molecule has 10 aromatic heterocycles. The van der Waals surface area contributed by atoms with Crippen LogP contribution in [0.3, 0.4) is 0 Å². The summed E-state index contributed by atoms with van der Waals surface area (Å²) in [6.45, 7) is 14.6. The Balaban J connectivity index is 0.000000157. The Morgan fingerprint density at radius 3 is 0.973 bits per heavy atom. The molecule has 17 aromatic rings. The van der Waals surface area contributed by atoms with Gasteiger partial charge in [0.2, 0.25) is 0 Å². The molecule has 0 saturated carbocycles. The van der Waals surface area contributed by atoms with Gasteiger partial charge in [0, 0.05) is 188 Å². The summed E-state index contributed by atoms with van der Waals surface area (Å²) in [5.74, 6) is -0.0419. The van der Waals surface area contributed by atoms with Crippen molar-refractivity contribution in [3.8, 4) is 62.3 Å². The van der Waals surface area contributed by atoms with Gasteiger partial charge in [0.15, 0.2) is 0 Å². The Bertz CT molecular complexity index is 8400.